The summed E-state index contributed by atoms with van der Waals surface area (Å²) in [6.07, 6.45) is 2.80. The van der Waals surface area contributed by atoms with E-state index in [0.29, 0.717) is 18.2 Å². The van der Waals surface area contributed by atoms with Gasteiger partial charge in [0.1, 0.15) is 5.82 Å². The van der Waals surface area contributed by atoms with Crippen molar-refractivity contribution in [2.24, 2.45) is 0 Å². The monoisotopic (exact) mass is 380 g/mol. The van der Waals surface area contributed by atoms with Crippen LogP contribution < -0.4 is 10.2 Å². The summed E-state index contributed by atoms with van der Waals surface area (Å²) in [6.45, 7) is 7.13. The summed E-state index contributed by atoms with van der Waals surface area (Å²) in [6, 6.07) is 14.8. The Bertz CT molecular complexity index is 781. The van der Waals surface area contributed by atoms with E-state index in [-0.39, 0.29) is 12.0 Å². The molecule has 2 aliphatic heterocycles. The van der Waals surface area contributed by atoms with Crippen molar-refractivity contribution >= 4 is 11.7 Å². The summed E-state index contributed by atoms with van der Waals surface area (Å²) < 4.78 is 6.05. The van der Waals surface area contributed by atoms with Crippen molar-refractivity contribution in [2.75, 3.05) is 37.7 Å². The number of morpholine rings is 1. The number of hydrogen-bond acceptors (Lipinski definition) is 5. The smallest absolute Gasteiger partial charge is 0.252 e. The van der Waals surface area contributed by atoms with Gasteiger partial charge in [-0.1, -0.05) is 37.3 Å². The zero-order chi connectivity index (χ0) is 19.3. The van der Waals surface area contributed by atoms with E-state index in [0.717, 1.165) is 45.0 Å². The number of anilines is 1. The number of aromatic nitrogens is 1. The molecule has 2 saturated heterocycles. The number of rotatable bonds is 6. The van der Waals surface area contributed by atoms with Crippen LogP contribution in [0.25, 0.3) is 0 Å². The first-order chi connectivity index (χ1) is 13.7. The largest absolute Gasteiger partial charge is 0.373 e. The van der Waals surface area contributed by atoms with Crippen molar-refractivity contribution in [1.29, 1.82) is 0 Å². The molecule has 2 atom stereocenters. The molecule has 28 heavy (non-hydrogen) atoms. The Morgan fingerprint density at radius 3 is 2.82 bits per heavy atom. The van der Waals surface area contributed by atoms with Crippen molar-refractivity contribution in [3.8, 4) is 0 Å². The summed E-state index contributed by atoms with van der Waals surface area (Å²) in [4.78, 5) is 21.4. The molecular weight excluding hydrogens is 352 g/mol. The van der Waals surface area contributed by atoms with Crippen molar-refractivity contribution < 1.29 is 9.53 Å². The van der Waals surface area contributed by atoms with Crippen LogP contribution in [0.5, 0.6) is 0 Å². The lowest BCUT2D eigenvalue weighted by atomic mass is 10.1. The number of amides is 1. The van der Waals surface area contributed by atoms with Gasteiger partial charge in [0, 0.05) is 38.9 Å². The first-order valence-corrected chi connectivity index (χ1v) is 10.1. The summed E-state index contributed by atoms with van der Waals surface area (Å²) in [5.74, 6) is 0.845. The van der Waals surface area contributed by atoms with Crippen molar-refractivity contribution in [3.05, 3.63) is 59.8 Å². The van der Waals surface area contributed by atoms with Crippen molar-refractivity contribution in [1.82, 2.24) is 15.2 Å². The van der Waals surface area contributed by atoms with Gasteiger partial charge in [-0.15, -0.1) is 0 Å². The highest BCUT2D eigenvalue weighted by atomic mass is 16.5. The molecule has 0 radical (unpaired) electrons. The van der Waals surface area contributed by atoms with Crippen LogP contribution in [0, 0.1) is 0 Å². The first-order valence-electron chi connectivity index (χ1n) is 10.1. The third-order valence-corrected chi connectivity index (χ3v) is 5.51. The van der Waals surface area contributed by atoms with Gasteiger partial charge >= 0.3 is 0 Å². The molecule has 0 saturated carbocycles. The van der Waals surface area contributed by atoms with Crippen LogP contribution in [0.3, 0.4) is 0 Å². The topological polar surface area (TPSA) is 57.7 Å². The van der Waals surface area contributed by atoms with Crippen LogP contribution in [-0.4, -0.2) is 60.7 Å². The predicted molar refractivity (Wildman–Crippen MR) is 109 cm³/mol. The lowest BCUT2D eigenvalue weighted by Gasteiger charge is -2.36. The standard InChI is InChI=1S/C22H28N4O2/c1-2-10-23-22(27)18-8-9-21(24-13-18)26-15-19-20(16-26)28-12-11-25(19)14-17-6-4-3-5-7-17/h3-9,13,19-20H,2,10-12,14-16H2,1H3,(H,23,27). The molecule has 0 aliphatic carbocycles. The molecule has 3 heterocycles. The normalized spacial score (nSPS) is 22.1. The number of nitrogens with one attached hydrogen (secondary N) is 1. The van der Waals surface area contributed by atoms with Crippen LogP contribution in [-0.2, 0) is 11.3 Å². The number of ether oxygens (including phenoxy) is 1. The predicted octanol–water partition coefficient (Wildman–Crippen LogP) is 2.31. The molecule has 2 aliphatic rings. The van der Waals surface area contributed by atoms with E-state index < -0.39 is 0 Å². The minimum absolute atomic E-state index is 0.0617. The van der Waals surface area contributed by atoms with Gasteiger partial charge in [-0.3, -0.25) is 9.69 Å². The molecule has 1 aromatic carbocycles. The molecule has 2 unspecified atom stereocenters. The fourth-order valence-corrected chi connectivity index (χ4v) is 4.01. The second-order valence-electron chi connectivity index (χ2n) is 7.50. The Hall–Kier alpha value is -2.44. The highest BCUT2D eigenvalue weighted by Crippen LogP contribution is 2.27. The molecule has 2 fully saturated rings. The maximum atomic E-state index is 12.1. The molecular formula is C22H28N4O2. The molecule has 1 amide bonds. The van der Waals surface area contributed by atoms with Crippen LogP contribution in [0.15, 0.2) is 48.7 Å². The SMILES string of the molecule is CCCNC(=O)c1ccc(N2CC3OCCN(Cc4ccccc4)C3C2)nc1. The molecule has 0 spiro atoms. The van der Waals surface area contributed by atoms with E-state index >= 15 is 0 Å². The van der Waals surface area contributed by atoms with Gasteiger partial charge in [0.25, 0.3) is 5.91 Å². The van der Waals surface area contributed by atoms with Crippen molar-refractivity contribution in [2.45, 2.75) is 32.0 Å². The second kappa shape index (κ2) is 8.71. The molecule has 1 aromatic heterocycles. The van der Waals surface area contributed by atoms with Crippen molar-refractivity contribution in [3.63, 3.8) is 0 Å². The van der Waals surface area contributed by atoms with E-state index in [1.54, 1.807) is 6.20 Å². The summed E-state index contributed by atoms with van der Waals surface area (Å²) >= 11 is 0. The number of carbonyl (C=O) groups is 1. The molecule has 1 N–H and O–H groups in total. The Balaban J connectivity index is 1.41. The van der Waals surface area contributed by atoms with E-state index in [1.807, 2.05) is 19.1 Å². The third kappa shape index (κ3) is 4.18. The third-order valence-electron chi connectivity index (χ3n) is 5.51. The van der Waals surface area contributed by atoms with E-state index in [2.05, 4.69) is 50.4 Å². The van der Waals surface area contributed by atoms with E-state index in [4.69, 9.17) is 4.74 Å². The molecule has 4 rings (SSSR count). The minimum atomic E-state index is -0.0617. The zero-order valence-electron chi connectivity index (χ0n) is 16.4. The Morgan fingerprint density at radius 1 is 1.21 bits per heavy atom. The average Bonchev–Trinajstić information content (AvgIpc) is 3.18. The maximum Gasteiger partial charge on any atom is 0.252 e. The Kier molecular flexibility index (Phi) is 5.88. The highest BCUT2D eigenvalue weighted by Gasteiger charge is 2.40. The number of fused-ring (bicyclic) bond motifs is 1. The number of nitrogens with zero attached hydrogens (tertiary/aromatic N) is 3. The van der Waals surface area contributed by atoms with E-state index in [1.165, 1.54) is 5.56 Å². The number of hydrogen-bond donors (Lipinski definition) is 1. The maximum absolute atomic E-state index is 12.1. The first kappa shape index (κ1) is 18.9. The average molecular weight is 380 g/mol. The number of benzene rings is 1. The second-order valence-corrected chi connectivity index (χ2v) is 7.50. The van der Waals surface area contributed by atoms with Gasteiger partial charge in [0.15, 0.2) is 0 Å². The lowest BCUT2D eigenvalue weighted by molar-refractivity contribution is -0.0499. The summed E-state index contributed by atoms with van der Waals surface area (Å²) in [7, 11) is 0. The number of pyridine rings is 1. The van der Waals surface area contributed by atoms with Crippen LogP contribution in [0.4, 0.5) is 5.82 Å². The molecule has 6 nitrogen and oxygen atoms in total. The van der Waals surface area contributed by atoms with Gasteiger partial charge in [-0.05, 0) is 24.1 Å². The minimum Gasteiger partial charge on any atom is -0.373 e. The molecule has 0 bridgehead atoms. The highest BCUT2D eigenvalue weighted by molar-refractivity contribution is 5.94. The summed E-state index contributed by atoms with van der Waals surface area (Å²) in [5.41, 5.74) is 1.94. The van der Waals surface area contributed by atoms with Gasteiger partial charge in [-0.25, -0.2) is 4.98 Å². The number of carbonyl (C=O) groups excluding carboxylic acids is 1. The molecule has 2 aromatic rings. The zero-order valence-corrected chi connectivity index (χ0v) is 16.4. The fraction of sp³-hybridized carbons (Fsp3) is 0.455. The Morgan fingerprint density at radius 2 is 2.07 bits per heavy atom. The molecule has 148 valence electrons. The Labute approximate surface area is 166 Å². The van der Waals surface area contributed by atoms with Crippen LogP contribution in [0.2, 0.25) is 0 Å². The lowest BCUT2D eigenvalue weighted by Crippen LogP contribution is -2.50. The van der Waals surface area contributed by atoms with Gasteiger partial charge in [-0.2, -0.15) is 0 Å². The quantitative estimate of drug-likeness (QED) is 0.833. The van der Waals surface area contributed by atoms with E-state index in [9.17, 15) is 4.79 Å². The van der Waals surface area contributed by atoms with Gasteiger partial charge in [0.05, 0.1) is 24.3 Å². The van der Waals surface area contributed by atoms with Gasteiger partial charge in [0.2, 0.25) is 0 Å². The molecule has 6 heteroatoms. The van der Waals surface area contributed by atoms with Crippen LogP contribution in [0.1, 0.15) is 29.3 Å². The van der Waals surface area contributed by atoms with Gasteiger partial charge < -0.3 is 15.0 Å². The van der Waals surface area contributed by atoms with Crippen LogP contribution >= 0.6 is 0 Å². The fourth-order valence-electron chi connectivity index (χ4n) is 4.01. The summed E-state index contributed by atoms with van der Waals surface area (Å²) in [5, 5.41) is 2.89.